The highest BCUT2D eigenvalue weighted by atomic mass is 32.2. The third-order valence-electron chi connectivity index (χ3n) is 3.01. The van der Waals surface area contributed by atoms with Crippen molar-refractivity contribution in [1.29, 1.82) is 0 Å². The molecule has 1 aliphatic rings. The van der Waals surface area contributed by atoms with Crippen LogP contribution in [-0.4, -0.2) is 54.4 Å². The number of aliphatic carboxylic acids is 1. The van der Waals surface area contributed by atoms with Gasteiger partial charge in [-0.2, -0.15) is 0 Å². The number of hydrogen-bond acceptors (Lipinski definition) is 4. The largest absolute Gasteiger partial charge is 0.481 e. The van der Waals surface area contributed by atoms with Gasteiger partial charge in [-0.05, 0) is 20.3 Å². The molecule has 1 rings (SSSR count). The van der Waals surface area contributed by atoms with E-state index in [1.165, 1.54) is 11.8 Å². The highest BCUT2D eigenvalue weighted by Gasteiger charge is 2.36. The second-order valence-corrected chi connectivity index (χ2v) is 6.47. The number of rotatable bonds is 4. The number of amides is 1. The minimum absolute atomic E-state index is 0.0566. The zero-order chi connectivity index (χ0) is 13.2. The summed E-state index contributed by atoms with van der Waals surface area (Å²) in [7, 11) is -3.07. The Morgan fingerprint density at radius 3 is 2.41 bits per heavy atom. The maximum absolute atomic E-state index is 11.9. The first-order chi connectivity index (χ1) is 7.78. The van der Waals surface area contributed by atoms with Gasteiger partial charge in [0.2, 0.25) is 5.91 Å². The summed E-state index contributed by atoms with van der Waals surface area (Å²) in [6.45, 7) is 3.37. The standard InChI is InChI=1S/C10H17NO5S/c1-3-11(9(12)7(2)10(13)14)8-4-5-17(15,16)6-8/h7-8H,3-6H2,1-2H3,(H,13,14). The fourth-order valence-electron chi connectivity index (χ4n) is 1.97. The molecule has 1 heterocycles. The molecule has 2 atom stereocenters. The Bertz CT molecular complexity index is 416. The van der Waals surface area contributed by atoms with E-state index in [1.54, 1.807) is 6.92 Å². The Labute approximate surface area is 101 Å². The van der Waals surface area contributed by atoms with E-state index in [1.807, 2.05) is 0 Å². The fraction of sp³-hybridized carbons (Fsp3) is 0.800. The van der Waals surface area contributed by atoms with Crippen LogP contribution in [0.4, 0.5) is 0 Å². The van der Waals surface area contributed by atoms with E-state index in [9.17, 15) is 18.0 Å². The highest BCUT2D eigenvalue weighted by molar-refractivity contribution is 7.91. The molecule has 1 aliphatic heterocycles. The van der Waals surface area contributed by atoms with E-state index < -0.39 is 27.6 Å². The number of sulfone groups is 1. The van der Waals surface area contributed by atoms with Crippen molar-refractivity contribution >= 4 is 21.7 Å². The predicted molar refractivity (Wildman–Crippen MR) is 61.2 cm³/mol. The number of hydrogen-bond donors (Lipinski definition) is 1. The molecule has 0 aromatic rings. The summed E-state index contributed by atoms with van der Waals surface area (Å²) in [5, 5.41) is 8.78. The van der Waals surface area contributed by atoms with Crippen LogP contribution in [0.25, 0.3) is 0 Å². The van der Waals surface area contributed by atoms with E-state index in [-0.39, 0.29) is 17.5 Å². The van der Waals surface area contributed by atoms with Gasteiger partial charge in [-0.25, -0.2) is 8.42 Å². The lowest BCUT2D eigenvalue weighted by Gasteiger charge is -2.28. The van der Waals surface area contributed by atoms with E-state index in [0.717, 1.165) is 0 Å². The minimum atomic E-state index is -3.07. The molecule has 1 saturated heterocycles. The summed E-state index contributed by atoms with van der Waals surface area (Å²) in [6.07, 6.45) is 0.397. The quantitative estimate of drug-likeness (QED) is 0.706. The zero-order valence-corrected chi connectivity index (χ0v) is 10.7. The lowest BCUT2D eigenvalue weighted by atomic mass is 10.1. The van der Waals surface area contributed by atoms with Crippen LogP contribution in [0.3, 0.4) is 0 Å². The zero-order valence-electron chi connectivity index (χ0n) is 9.92. The summed E-state index contributed by atoms with van der Waals surface area (Å²) < 4.78 is 22.7. The average molecular weight is 263 g/mol. The van der Waals surface area contributed by atoms with Crippen LogP contribution >= 0.6 is 0 Å². The van der Waals surface area contributed by atoms with Crippen molar-refractivity contribution in [3.8, 4) is 0 Å². The van der Waals surface area contributed by atoms with E-state index >= 15 is 0 Å². The van der Waals surface area contributed by atoms with Crippen molar-refractivity contribution in [2.24, 2.45) is 5.92 Å². The molecule has 1 N–H and O–H groups in total. The van der Waals surface area contributed by atoms with Gasteiger partial charge in [0.05, 0.1) is 11.5 Å². The van der Waals surface area contributed by atoms with E-state index in [4.69, 9.17) is 5.11 Å². The molecular weight excluding hydrogens is 246 g/mol. The molecule has 0 bridgehead atoms. The topological polar surface area (TPSA) is 91.8 Å². The lowest BCUT2D eigenvalue weighted by molar-refractivity contribution is -0.151. The van der Waals surface area contributed by atoms with Crippen molar-refractivity contribution in [2.75, 3.05) is 18.1 Å². The summed E-state index contributed by atoms with van der Waals surface area (Å²) in [4.78, 5) is 24.0. The second-order valence-electron chi connectivity index (χ2n) is 4.24. The maximum Gasteiger partial charge on any atom is 0.315 e. The molecule has 98 valence electrons. The van der Waals surface area contributed by atoms with Gasteiger partial charge in [0.15, 0.2) is 9.84 Å². The number of carbonyl (C=O) groups is 2. The van der Waals surface area contributed by atoms with E-state index in [0.29, 0.717) is 13.0 Å². The first kappa shape index (κ1) is 14.0. The SMILES string of the molecule is CCN(C(=O)C(C)C(=O)O)C1CCS(=O)(=O)C1. The van der Waals surface area contributed by atoms with Crippen LogP contribution in [-0.2, 0) is 19.4 Å². The van der Waals surface area contributed by atoms with Gasteiger partial charge in [-0.1, -0.05) is 0 Å². The molecule has 0 aromatic carbocycles. The Morgan fingerprint density at radius 1 is 1.47 bits per heavy atom. The summed E-state index contributed by atoms with van der Waals surface area (Å²) in [6, 6.07) is -0.376. The normalized spacial score (nSPS) is 24.2. The Hall–Kier alpha value is -1.11. The van der Waals surface area contributed by atoms with Gasteiger partial charge >= 0.3 is 5.97 Å². The van der Waals surface area contributed by atoms with Gasteiger partial charge in [0.1, 0.15) is 5.92 Å². The summed E-state index contributed by atoms with van der Waals surface area (Å²) >= 11 is 0. The number of nitrogens with zero attached hydrogens (tertiary/aromatic N) is 1. The summed E-state index contributed by atoms with van der Waals surface area (Å²) in [5.41, 5.74) is 0. The highest BCUT2D eigenvalue weighted by Crippen LogP contribution is 2.19. The molecule has 0 spiro atoms. The van der Waals surface area contributed by atoms with Gasteiger partial charge in [0.25, 0.3) is 0 Å². The van der Waals surface area contributed by atoms with Crippen LogP contribution in [0.2, 0.25) is 0 Å². The fourth-order valence-corrected chi connectivity index (χ4v) is 3.70. The molecule has 6 nitrogen and oxygen atoms in total. The van der Waals surface area contributed by atoms with Crippen molar-refractivity contribution in [1.82, 2.24) is 4.90 Å². The first-order valence-corrected chi connectivity index (χ1v) is 7.34. The van der Waals surface area contributed by atoms with Crippen molar-refractivity contribution < 1.29 is 23.1 Å². The summed E-state index contributed by atoms with van der Waals surface area (Å²) in [5.74, 6) is -2.81. The third kappa shape index (κ3) is 3.18. The molecule has 1 amide bonds. The third-order valence-corrected chi connectivity index (χ3v) is 4.76. The van der Waals surface area contributed by atoms with Crippen molar-refractivity contribution in [3.63, 3.8) is 0 Å². The lowest BCUT2D eigenvalue weighted by Crippen LogP contribution is -2.45. The smallest absolute Gasteiger partial charge is 0.315 e. The Morgan fingerprint density at radius 2 is 2.06 bits per heavy atom. The molecule has 2 unspecified atom stereocenters. The van der Waals surface area contributed by atoms with Gasteiger partial charge in [0, 0.05) is 12.6 Å². The number of carboxylic acid groups (broad SMARTS) is 1. The molecule has 1 fully saturated rings. The molecule has 7 heteroatoms. The molecule has 0 aromatic heterocycles. The number of carbonyl (C=O) groups excluding carboxylic acids is 1. The monoisotopic (exact) mass is 263 g/mol. The Balaban J connectivity index is 2.79. The molecule has 17 heavy (non-hydrogen) atoms. The predicted octanol–water partition coefficient (Wildman–Crippen LogP) is -0.257. The van der Waals surface area contributed by atoms with E-state index in [2.05, 4.69) is 0 Å². The minimum Gasteiger partial charge on any atom is -0.481 e. The maximum atomic E-state index is 11.9. The second kappa shape index (κ2) is 5.03. The number of carboxylic acids is 1. The van der Waals surface area contributed by atoms with Crippen LogP contribution < -0.4 is 0 Å². The average Bonchev–Trinajstić information content (AvgIpc) is 2.58. The van der Waals surface area contributed by atoms with Crippen LogP contribution in [0.5, 0.6) is 0 Å². The van der Waals surface area contributed by atoms with Gasteiger partial charge in [-0.3, -0.25) is 9.59 Å². The van der Waals surface area contributed by atoms with Crippen molar-refractivity contribution in [3.05, 3.63) is 0 Å². The van der Waals surface area contributed by atoms with Crippen LogP contribution in [0, 0.1) is 5.92 Å². The molecule has 0 saturated carbocycles. The molecule has 0 aliphatic carbocycles. The van der Waals surface area contributed by atoms with Crippen molar-refractivity contribution in [2.45, 2.75) is 26.3 Å². The molecule has 0 radical (unpaired) electrons. The Kier molecular flexibility index (Phi) is 4.13. The van der Waals surface area contributed by atoms with Crippen LogP contribution in [0.15, 0.2) is 0 Å². The first-order valence-electron chi connectivity index (χ1n) is 5.52. The van der Waals surface area contributed by atoms with Crippen LogP contribution in [0.1, 0.15) is 20.3 Å². The van der Waals surface area contributed by atoms with Gasteiger partial charge < -0.3 is 10.0 Å². The van der Waals surface area contributed by atoms with Gasteiger partial charge in [-0.15, -0.1) is 0 Å². The molecular formula is C10H17NO5S.